The van der Waals surface area contributed by atoms with Gasteiger partial charge in [-0.3, -0.25) is 9.59 Å². The van der Waals surface area contributed by atoms with Crippen molar-refractivity contribution in [3.05, 3.63) is 72.3 Å². The van der Waals surface area contributed by atoms with Gasteiger partial charge >= 0.3 is 11.8 Å². The first-order chi connectivity index (χ1) is 13.5. The van der Waals surface area contributed by atoms with E-state index < -0.39 is 11.8 Å². The Morgan fingerprint density at radius 2 is 1.71 bits per heavy atom. The summed E-state index contributed by atoms with van der Waals surface area (Å²) in [5.41, 5.74) is 3.81. The number of nitrogens with zero attached hydrogens (tertiary/aromatic N) is 1. The third kappa shape index (κ3) is 6.28. The summed E-state index contributed by atoms with van der Waals surface area (Å²) in [6.45, 7) is 5.79. The molecule has 0 saturated heterocycles. The summed E-state index contributed by atoms with van der Waals surface area (Å²) in [4.78, 5) is 23.9. The van der Waals surface area contributed by atoms with Gasteiger partial charge in [-0.25, -0.2) is 5.43 Å². The van der Waals surface area contributed by atoms with Crippen molar-refractivity contribution >= 4 is 18.0 Å². The molecule has 2 aromatic rings. The highest BCUT2D eigenvalue weighted by atomic mass is 16.5. The summed E-state index contributed by atoms with van der Waals surface area (Å²) in [7, 11) is 1.58. The number of rotatable bonds is 8. The average molecular weight is 381 g/mol. The molecule has 1 atom stereocenters. The van der Waals surface area contributed by atoms with Crippen molar-refractivity contribution in [2.45, 2.75) is 13.0 Å². The molecule has 2 amide bonds. The highest BCUT2D eigenvalue weighted by Gasteiger charge is 2.16. The highest BCUT2D eigenvalue weighted by Crippen LogP contribution is 2.17. The molecule has 0 aliphatic rings. The lowest BCUT2D eigenvalue weighted by Crippen LogP contribution is -2.39. The number of methoxy groups -OCH3 is 1. The Balaban J connectivity index is 1.83. The Morgan fingerprint density at radius 3 is 2.32 bits per heavy atom. The molecule has 0 saturated carbocycles. The van der Waals surface area contributed by atoms with Crippen LogP contribution in [0.15, 0.2) is 66.3 Å². The maximum Gasteiger partial charge on any atom is 0.329 e. The van der Waals surface area contributed by atoms with Crippen molar-refractivity contribution < 1.29 is 19.1 Å². The standard InChI is InChI=1S/C21H23N3O4/c1-4-13-28-19-9-5-16(6-10-19)14-22-24-21(26)20(25)23-15(2)17-7-11-18(27-3)12-8-17/h4-12,14-15H,1,13H2,2-3H3,(H,23,25)(H,24,26)/b22-14-/t15-/m0/s1. The molecule has 0 spiro atoms. The van der Waals surface area contributed by atoms with Gasteiger partial charge in [0.2, 0.25) is 0 Å². The van der Waals surface area contributed by atoms with Crippen LogP contribution >= 0.6 is 0 Å². The lowest BCUT2D eigenvalue weighted by Gasteiger charge is -2.13. The molecule has 0 aliphatic carbocycles. The second kappa shape index (κ2) is 10.5. The van der Waals surface area contributed by atoms with Crippen molar-refractivity contribution in [1.82, 2.24) is 10.7 Å². The Bertz CT molecular complexity index is 830. The predicted molar refractivity (Wildman–Crippen MR) is 107 cm³/mol. The molecule has 0 radical (unpaired) electrons. The maximum absolute atomic E-state index is 12.0. The number of ether oxygens (including phenoxy) is 2. The molecule has 7 heteroatoms. The lowest BCUT2D eigenvalue weighted by molar-refractivity contribution is -0.139. The van der Waals surface area contributed by atoms with Crippen molar-refractivity contribution in [2.24, 2.45) is 5.10 Å². The fourth-order valence-electron chi connectivity index (χ4n) is 2.26. The van der Waals surface area contributed by atoms with Crippen molar-refractivity contribution in [3.8, 4) is 11.5 Å². The molecule has 2 rings (SSSR count). The van der Waals surface area contributed by atoms with Crippen LogP contribution in [-0.4, -0.2) is 31.7 Å². The zero-order valence-corrected chi connectivity index (χ0v) is 15.8. The molecule has 0 fully saturated rings. The summed E-state index contributed by atoms with van der Waals surface area (Å²) in [5.74, 6) is -0.196. The zero-order chi connectivity index (χ0) is 20.4. The van der Waals surface area contributed by atoms with E-state index >= 15 is 0 Å². The Kier molecular flexibility index (Phi) is 7.77. The van der Waals surface area contributed by atoms with E-state index in [0.717, 1.165) is 16.9 Å². The first kappa shape index (κ1) is 20.7. The third-order valence-corrected chi connectivity index (χ3v) is 3.80. The number of hydrogen-bond donors (Lipinski definition) is 2. The number of nitrogens with one attached hydrogen (secondary N) is 2. The molecule has 0 aromatic heterocycles. The average Bonchev–Trinajstić information content (AvgIpc) is 2.73. The van der Waals surface area contributed by atoms with E-state index in [2.05, 4.69) is 22.4 Å². The first-order valence-corrected chi connectivity index (χ1v) is 8.65. The van der Waals surface area contributed by atoms with Crippen molar-refractivity contribution in [1.29, 1.82) is 0 Å². The van der Waals surface area contributed by atoms with Crippen LogP contribution in [0.1, 0.15) is 24.1 Å². The number of hydrazone groups is 1. The van der Waals surface area contributed by atoms with Gasteiger partial charge in [-0.2, -0.15) is 5.10 Å². The SMILES string of the molecule is C=CCOc1ccc(/C=N\NC(=O)C(=O)N[C@@H](C)c2ccc(OC)cc2)cc1. The van der Waals surface area contributed by atoms with E-state index in [1.807, 2.05) is 12.1 Å². The number of carbonyl (C=O) groups is 2. The van der Waals surface area contributed by atoms with Crippen molar-refractivity contribution in [2.75, 3.05) is 13.7 Å². The van der Waals surface area contributed by atoms with Gasteiger partial charge in [-0.05, 0) is 54.4 Å². The van der Waals surface area contributed by atoms with Gasteiger partial charge in [-0.15, -0.1) is 0 Å². The van der Waals surface area contributed by atoms with Crippen LogP contribution in [0.3, 0.4) is 0 Å². The van der Waals surface area contributed by atoms with Crippen LogP contribution in [-0.2, 0) is 9.59 Å². The van der Waals surface area contributed by atoms with Gasteiger partial charge in [0.25, 0.3) is 0 Å². The van der Waals surface area contributed by atoms with Gasteiger partial charge in [0, 0.05) is 0 Å². The molecule has 2 aromatic carbocycles. The van der Waals surface area contributed by atoms with E-state index in [1.165, 1.54) is 6.21 Å². The number of amides is 2. The van der Waals surface area contributed by atoms with Gasteiger partial charge in [0.15, 0.2) is 0 Å². The third-order valence-electron chi connectivity index (χ3n) is 3.80. The fraction of sp³-hybridized carbons (Fsp3) is 0.190. The topological polar surface area (TPSA) is 89.0 Å². The van der Waals surface area contributed by atoms with Crippen LogP contribution in [0.4, 0.5) is 0 Å². The van der Waals surface area contributed by atoms with Gasteiger partial charge < -0.3 is 14.8 Å². The van der Waals surface area contributed by atoms with E-state index in [4.69, 9.17) is 9.47 Å². The number of carbonyl (C=O) groups excluding carboxylic acids is 2. The normalized spacial score (nSPS) is 11.5. The molecular formula is C21H23N3O4. The summed E-state index contributed by atoms with van der Waals surface area (Å²) >= 11 is 0. The molecule has 2 N–H and O–H groups in total. The van der Waals surface area contributed by atoms with Crippen LogP contribution in [0.5, 0.6) is 11.5 Å². The summed E-state index contributed by atoms with van der Waals surface area (Å²) in [5, 5.41) is 6.42. The summed E-state index contributed by atoms with van der Waals surface area (Å²) in [6, 6.07) is 14.0. The van der Waals surface area contributed by atoms with E-state index in [9.17, 15) is 9.59 Å². The predicted octanol–water partition coefficient (Wildman–Crippen LogP) is 2.59. The van der Waals surface area contributed by atoms with Gasteiger partial charge in [0.05, 0.1) is 19.4 Å². The van der Waals surface area contributed by atoms with Crippen LogP contribution in [0, 0.1) is 0 Å². The molecule has 146 valence electrons. The second-order valence-electron chi connectivity index (χ2n) is 5.84. The minimum atomic E-state index is -0.845. The highest BCUT2D eigenvalue weighted by molar-refractivity contribution is 6.35. The Morgan fingerprint density at radius 1 is 1.07 bits per heavy atom. The van der Waals surface area contributed by atoms with Gasteiger partial charge in [-0.1, -0.05) is 24.8 Å². The summed E-state index contributed by atoms with van der Waals surface area (Å²) in [6.07, 6.45) is 3.10. The lowest BCUT2D eigenvalue weighted by atomic mass is 10.1. The molecular weight excluding hydrogens is 358 g/mol. The van der Waals surface area contributed by atoms with Crippen LogP contribution < -0.4 is 20.2 Å². The van der Waals surface area contributed by atoms with Crippen LogP contribution in [0.2, 0.25) is 0 Å². The number of hydrogen-bond acceptors (Lipinski definition) is 5. The Labute approximate surface area is 164 Å². The molecule has 28 heavy (non-hydrogen) atoms. The summed E-state index contributed by atoms with van der Waals surface area (Å²) < 4.78 is 10.5. The number of benzene rings is 2. The largest absolute Gasteiger partial charge is 0.497 e. The van der Waals surface area contributed by atoms with Crippen LogP contribution in [0.25, 0.3) is 0 Å². The fourth-order valence-corrected chi connectivity index (χ4v) is 2.26. The zero-order valence-electron chi connectivity index (χ0n) is 15.8. The molecule has 0 bridgehead atoms. The first-order valence-electron chi connectivity index (χ1n) is 8.65. The minimum Gasteiger partial charge on any atom is -0.497 e. The van der Waals surface area contributed by atoms with Crippen molar-refractivity contribution in [3.63, 3.8) is 0 Å². The quantitative estimate of drug-likeness (QED) is 0.318. The van der Waals surface area contributed by atoms with E-state index in [1.54, 1.807) is 56.5 Å². The minimum absolute atomic E-state index is 0.337. The monoisotopic (exact) mass is 381 g/mol. The second-order valence-corrected chi connectivity index (χ2v) is 5.84. The molecule has 0 aliphatic heterocycles. The Hall–Kier alpha value is -3.61. The van der Waals surface area contributed by atoms with E-state index in [-0.39, 0.29) is 6.04 Å². The van der Waals surface area contributed by atoms with Gasteiger partial charge in [0.1, 0.15) is 18.1 Å². The molecule has 7 nitrogen and oxygen atoms in total. The smallest absolute Gasteiger partial charge is 0.329 e. The van der Waals surface area contributed by atoms with E-state index in [0.29, 0.717) is 12.4 Å². The molecule has 0 unspecified atom stereocenters. The maximum atomic E-state index is 12.0. The molecule has 0 heterocycles.